The number of aryl methyl sites for hydroxylation is 3. The van der Waals surface area contributed by atoms with Crippen LogP contribution < -0.4 is 10.0 Å². The Hall–Kier alpha value is -2.29. The SMILES string of the molecule is Cc1ccc(C)c(S(=O)(=O)NCCC(=O)Nc2nc3ccc(C)cc3s2)c1. The van der Waals surface area contributed by atoms with Gasteiger partial charge in [0, 0.05) is 13.0 Å². The lowest BCUT2D eigenvalue weighted by atomic mass is 10.2. The van der Waals surface area contributed by atoms with Crippen LogP contribution in [0.25, 0.3) is 10.2 Å². The van der Waals surface area contributed by atoms with Gasteiger partial charge in [0.25, 0.3) is 0 Å². The van der Waals surface area contributed by atoms with Crippen molar-refractivity contribution in [1.82, 2.24) is 9.71 Å². The number of aromatic nitrogens is 1. The summed E-state index contributed by atoms with van der Waals surface area (Å²) < 4.78 is 28.4. The van der Waals surface area contributed by atoms with Gasteiger partial charge in [0.1, 0.15) is 0 Å². The van der Waals surface area contributed by atoms with Crippen molar-refractivity contribution in [1.29, 1.82) is 0 Å². The molecule has 2 N–H and O–H groups in total. The lowest BCUT2D eigenvalue weighted by Crippen LogP contribution is -2.28. The van der Waals surface area contributed by atoms with Crippen molar-refractivity contribution >= 4 is 42.6 Å². The van der Waals surface area contributed by atoms with E-state index in [9.17, 15) is 13.2 Å². The summed E-state index contributed by atoms with van der Waals surface area (Å²) in [6, 6.07) is 11.2. The van der Waals surface area contributed by atoms with Gasteiger partial charge in [0.15, 0.2) is 5.13 Å². The lowest BCUT2D eigenvalue weighted by molar-refractivity contribution is -0.116. The van der Waals surface area contributed by atoms with Crippen LogP contribution in [0.4, 0.5) is 5.13 Å². The first-order valence-corrected chi connectivity index (χ1v) is 10.8. The molecule has 0 saturated heterocycles. The summed E-state index contributed by atoms with van der Waals surface area (Å²) in [6.45, 7) is 5.60. The Kier molecular flexibility index (Phi) is 5.59. The first-order chi connectivity index (χ1) is 12.7. The fourth-order valence-corrected chi connectivity index (χ4v) is 4.98. The van der Waals surface area contributed by atoms with E-state index in [0.29, 0.717) is 10.7 Å². The Labute approximate surface area is 162 Å². The molecule has 1 amide bonds. The molecular weight excluding hydrogens is 382 g/mol. The Morgan fingerprint density at radius 1 is 1.07 bits per heavy atom. The van der Waals surface area contributed by atoms with Crippen LogP contribution in [0.3, 0.4) is 0 Å². The topological polar surface area (TPSA) is 88.2 Å². The van der Waals surface area contributed by atoms with E-state index in [1.807, 2.05) is 38.1 Å². The number of hydrogen-bond donors (Lipinski definition) is 2. The number of carbonyl (C=O) groups excluding carboxylic acids is 1. The number of anilines is 1. The average molecular weight is 404 g/mol. The van der Waals surface area contributed by atoms with Crippen molar-refractivity contribution in [3.8, 4) is 0 Å². The largest absolute Gasteiger partial charge is 0.302 e. The number of sulfonamides is 1. The van der Waals surface area contributed by atoms with Crippen LogP contribution in [-0.2, 0) is 14.8 Å². The molecule has 27 heavy (non-hydrogen) atoms. The number of nitrogens with zero attached hydrogens (tertiary/aromatic N) is 1. The van der Waals surface area contributed by atoms with E-state index in [1.165, 1.54) is 11.3 Å². The van der Waals surface area contributed by atoms with Gasteiger partial charge >= 0.3 is 0 Å². The Balaban J connectivity index is 1.59. The van der Waals surface area contributed by atoms with Crippen molar-refractivity contribution < 1.29 is 13.2 Å². The van der Waals surface area contributed by atoms with Crippen LogP contribution in [0.2, 0.25) is 0 Å². The molecule has 3 aromatic rings. The van der Waals surface area contributed by atoms with Crippen LogP contribution in [0, 0.1) is 20.8 Å². The maximum absolute atomic E-state index is 12.4. The summed E-state index contributed by atoms with van der Waals surface area (Å²) in [5, 5.41) is 3.24. The minimum absolute atomic E-state index is 0.0194. The third kappa shape index (κ3) is 4.71. The monoisotopic (exact) mass is 403 g/mol. The fraction of sp³-hybridized carbons (Fsp3) is 0.263. The Morgan fingerprint density at radius 3 is 2.56 bits per heavy atom. The number of rotatable bonds is 6. The molecule has 0 radical (unpaired) electrons. The summed E-state index contributed by atoms with van der Waals surface area (Å²) >= 11 is 1.40. The van der Waals surface area contributed by atoms with Gasteiger partial charge in [-0.2, -0.15) is 0 Å². The van der Waals surface area contributed by atoms with Gasteiger partial charge in [-0.25, -0.2) is 18.1 Å². The van der Waals surface area contributed by atoms with Crippen LogP contribution in [-0.4, -0.2) is 25.9 Å². The molecule has 0 saturated carbocycles. The lowest BCUT2D eigenvalue weighted by Gasteiger charge is -2.10. The highest BCUT2D eigenvalue weighted by molar-refractivity contribution is 7.89. The molecule has 0 bridgehead atoms. The number of carbonyl (C=O) groups is 1. The zero-order valence-corrected chi connectivity index (χ0v) is 17.0. The molecule has 1 aromatic heterocycles. The molecule has 8 heteroatoms. The maximum atomic E-state index is 12.4. The summed E-state index contributed by atoms with van der Waals surface area (Å²) in [6.07, 6.45) is 0.0268. The van der Waals surface area contributed by atoms with E-state index in [2.05, 4.69) is 15.0 Å². The zero-order chi connectivity index (χ0) is 19.6. The van der Waals surface area contributed by atoms with E-state index in [1.54, 1.807) is 19.1 Å². The summed E-state index contributed by atoms with van der Waals surface area (Å²) in [5.41, 5.74) is 3.49. The first kappa shape index (κ1) is 19.5. The number of amides is 1. The fourth-order valence-electron chi connectivity index (χ4n) is 2.64. The molecule has 2 aromatic carbocycles. The summed E-state index contributed by atoms with van der Waals surface area (Å²) in [7, 11) is -3.65. The predicted molar refractivity (Wildman–Crippen MR) is 109 cm³/mol. The van der Waals surface area contributed by atoms with E-state index in [0.717, 1.165) is 21.3 Å². The molecule has 3 rings (SSSR count). The van der Waals surface area contributed by atoms with E-state index in [4.69, 9.17) is 0 Å². The molecule has 0 aliphatic heterocycles. The van der Waals surface area contributed by atoms with Crippen molar-refractivity contribution in [2.45, 2.75) is 32.1 Å². The van der Waals surface area contributed by atoms with Gasteiger partial charge < -0.3 is 5.32 Å². The van der Waals surface area contributed by atoms with Crippen molar-refractivity contribution in [3.05, 3.63) is 53.1 Å². The third-order valence-electron chi connectivity index (χ3n) is 4.07. The first-order valence-electron chi connectivity index (χ1n) is 8.48. The summed E-state index contributed by atoms with van der Waals surface area (Å²) in [4.78, 5) is 16.7. The van der Waals surface area contributed by atoms with Gasteiger partial charge in [0.2, 0.25) is 15.9 Å². The van der Waals surface area contributed by atoms with Crippen LogP contribution in [0.1, 0.15) is 23.1 Å². The van der Waals surface area contributed by atoms with Gasteiger partial charge in [0.05, 0.1) is 15.1 Å². The highest BCUT2D eigenvalue weighted by Gasteiger charge is 2.17. The van der Waals surface area contributed by atoms with E-state index in [-0.39, 0.29) is 23.8 Å². The van der Waals surface area contributed by atoms with Gasteiger partial charge in [-0.3, -0.25) is 4.79 Å². The van der Waals surface area contributed by atoms with Crippen LogP contribution >= 0.6 is 11.3 Å². The van der Waals surface area contributed by atoms with Gasteiger partial charge in [-0.05, 0) is 55.7 Å². The molecule has 0 aliphatic carbocycles. The number of nitrogens with one attached hydrogen (secondary N) is 2. The van der Waals surface area contributed by atoms with E-state index < -0.39 is 10.0 Å². The number of hydrogen-bond acceptors (Lipinski definition) is 5. The molecule has 0 fully saturated rings. The second kappa shape index (κ2) is 7.75. The number of thiazole rings is 1. The molecule has 0 unspecified atom stereocenters. The normalized spacial score (nSPS) is 11.7. The second-order valence-electron chi connectivity index (χ2n) is 6.46. The number of benzene rings is 2. The minimum Gasteiger partial charge on any atom is -0.302 e. The highest BCUT2D eigenvalue weighted by Crippen LogP contribution is 2.26. The standard InChI is InChI=1S/C19H21N3O3S2/c1-12-5-7-15-16(10-12)26-19(21-15)22-18(23)8-9-20-27(24,25)17-11-13(2)4-6-14(17)3/h4-7,10-11,20H,8-9H2,1-3H3,(H,21,22,23). The molecule has 6 nitrogen and oxygen atoms in total. The average Bonchev–Trinajstić information content (AvgIpc) is 2.97. The molecule has 142 valence electrons. The zero-order valence-electron chi connectivity index (χ0n) is 15.4. The van der Waals surface area contributed by atoms with Crippen molar-refractivity contribution in [2.24, 2.45) is 0 Å². The molecule has 0 atom stereocenters. The molecule has 0 spiro atoms. The minimum atomic E-state index is -3.65. The van der Waals surface area contributed by atoms with Gasteiger partial charge in [-0.15, -0.1) is 0 Å². The second-order valence-corrected chi connectivity index (χ2v) is 9.22. The molecule has 1 heterocycles. The maximum Gasteiger partial charge on any atom is 0.240 e. The van der Waals surface area contributed by atoms with E-state index >= 15 is 0 Å². The van der Waals surface area contributed by atoms with Crippen molar-refractivity contribution in [3.63, 3.8) is 0 Å². The van der Waals surface area contributed by atoms with Gasteiger partial charge in [-0.1, -0.05) is 29.5 Å². The predicted octanol–water partition coefficient (Wildman–Crippen LogP) is 3.53. The van der Waals surface area contributed by atoms with Crippen LogP contribution in [0.5, 0.6) is 0 Å². The van der Waals surface area contributed by atoms with Crippen molar-refractivity contribution in [2.75, 3.05) is 11.9 Å². The van der Waals surface area contributed by atoms with Crippen LogP contribution in [0.15, 0.2) is 41.3 Å². The number of fused-ring (bicyclic) bond motifs is 1. The quantitative estimate of drug-likeness (QED) is 0.659. The smallest absolute Gasteiger partial charge is 0.240 e. The Morgan fingerprint density at radius 2 is 1.78 bits per heavy atom. The third-order valence-corrected chi connectivity index (χ3v) is 6.60. The highest BCUT2D eigenvalue weighted by atomic mass is 32.2. The molecular formula is C19H21N3O3S2. The Bertz CT molecular complexity index is 1100. The summed E-state index contributed by atoms with van der Waals surface area (Å²) in [5.74, 6) is -0.283. The molecule has 0 aliphatic rings.